The first-order chi connectivity index (χ1) is 10.1. The molecule has 0 fully saturated rings. The fourth-order valence-electron chi connectivity index (χ4n) is 1.84. The highest BCUT2D eigenvalue weighted by molar-refractivity contribution is 7.98. The smallest absolute Gasteiger partial charge is 0.185 e. The van der Waals surface area contributed by atoms with Crippen molar-refractivity contribution >= 4 is 23.6 Å². The van der Waals surface area contributed by atoms with Crippen molar-refractivity contribution in [1.29, 1.82) is 0 Å². The van der Waals surface area contributed by atoms with Crippen LogP contribution in [-0.4, -0.2) is 19.1 Å². The molecule has 0 unspecified atom stereocenters. The number of allylic oxidation sites excluding steroid dienone is 1. The van der Waals surface area contributed by atoms with Gasteiger partial charge >= 0.3 is 0 Å². The number of methoxy groups -OCH3 is 1. The Hall–Kier alpha value is -2.07. The van der Waals surface area contributed by atoms with Crippen LogP contribution in [0.2, 0.25) is 0 Å². The topological polar surface area (TPSA) is 26.3 Å². The molecule has 0 aliphatic rings. The first-order valence-corrected chi connectivity index (χ1v) is 7.56. The zero-order valence-corrected chi connectivity index (χ0v) is 12.6. The van der Waals surface area contributed by atoms with Gasteiger partial charge in [0, 0.05) is 10.5 Å². The Kier molecular flexibility index (Phi) is 5.17. The summed E-state index contributed by atoms with van der Waals surface area (Å²) < 4.78 is 18.1. The summed E-state index contributed by atoms with van der Waals surface area (Å²) in [6.45, 7) is 0. The van der Waals surface area contributed by atoms with E-state index in [1.54, 1.807) is 24.9 Å². The highest BCUT2D eigenvalue weighted by Gasteiger charge is 2.04. The summed E-state index contributed by atoms with van der Waals surface area (Å²) in [5, 5.41) is 0. The predicted octanol–water partition coefficient (Wildman–Crippen LogP) is 4.45. The first kappa shape index (κ1) is 15.3. The van der Waals surface area contributed by atoms with Crippen molar-refractivity contribution in [2.75, 3.05) is 13.4 Å². The maximum atomic E-state index is 12.8. The van der Waals surface area contributed by atoms with Crippen LogP contribution in [0.25, 0.3) is 6.08 Å². The fraction of sp³-hybridized carbons (Fsp3) is 0.118. The van der Waals surface area contributed by atoms with E-state index >= 15 is 0 Å². The fourth-order valence-corrected chi connectivity index (χ4v) is 2.39. The van der Waals surface area contributed by atoms with Gasteiger partial charge in [-0.05, 0) is 54.3 Å². The van der Waals surface area contributed by atoms with E-state index in [-0.39, 0.29) is 11.6 Å². The number of benzene rings is 2. The quantitative estimate of drug-likeness (QED) is 0.463. The Bertz CT molecular complexity index is 663. The van der Waals surface area contributed by atoms with Gasteiger partial charge in [0.2, 0.25) is 0 Å². The molecule has 0 amide bonds. The van der Waals surface area contributed by atoms with Crippen molar-refractivity contribution < 1.29 is 13.9 Å². The second kappa shape index (κ2) is 7.09. The van der Waals surface area contributed by atoms with E-state index in [0.717, 1.165) is 16.2 Å². The van der Waals surface area contributed by atoms with Gasteiger partial charge < -0.3 is 4.74 Å². The molecule has 0 saturated heterocycles. The van der Waals surface area contributed by atoms with Crippen LogP contribution in [0.3, 0.4) is 0 Å². The normalized spacial score (nSPS) is 10.8. The molecule has 0 spiro atoms. The lowest BCUT2D eigenvalue weighted by atomic mass is 10.1. The summed E-state index contributed by atoms with van der Waals surface area (Å²) in [6.07, 6.45) is 5.17. The van der Waals surface area contributed by atoms with Gasteiger partial charge in [0.05, 0.1) is 7.11 Å². The zero-order valence-electron chi connectivity index (χ0n) is 11.8. The lowest BCUT2D eigenvalue weighted by Gasteiger charge is -2.06. The molecule has 0 atom stereocenters. The molecule has 4 heteroatoms. The second-order valence-corrected chi connectivity index (χ2v) is 5.17. The van der Waals surface area contributed by atoms with Gasteiger partial charge in [-0.1, -0.05) is 12.1 Å². The molecule has 0 radical (unpaired) electrons. The molecule has 0 saturated carbocycles. The number of ether oxygens (including phenoxy) is 1. The number of ketones is 1. The maximum Gasteiger partial charge on any atom is 0.185 e. The molecule has 108 valence electrons. The third kappa shape index (κ3) is 3.95. The number of carbonyl (C=O) groups is 1. The van der Waals surface area contributed by atoms with E-state index in [4.69, 9.17) is 4.74 Å². The van der Waals surface area contributed by atoms with Crippen LogP contribution in [-0.2, 0) is 0 Å². The van der Waals surface area contributed by atoms with Crippen LogP contribution in [0.5, 0.6) is 5.75 Å². The number of rotatable bonds is 5. The van der Waals surface area contributed by atoms with Gasteiger partial charge in [-0.3, -0.25) is 4.79 Å². The van der Waals surface area contributed by atoms with E-state index in [2.05, 4.69) is 0 Å². The lowest BCUT2D eigenvalue weighted by molar-refractivity contribution is 0.104. The molecular weight excluding hydrogens is 287 g/mol. The predicted molar refractivity (Wildman–Crippen MR) is 84.5 cm³/mol. The van der Waals surface area contributed by atoms with Crippen LogP contribution < -0.4 is 4.74 Å². The van der Waals surface area contributed by atoms with Crippen LogP contribution >= 0.6 is 11.8 Å². The van der Waals surface area contributed by atoms with Gasteiger partial charge in [-0.25, -0.2) is 4.39 Å². The third-order valence-electron chi connectivity index (χ3n) is 2.96. The number of hydrogen-bond acceptors (Lipinski definition) is 3. The van der Waals surface area contributed by atoms with Crippen molar-refractivity contribution in [3.8, 4) is 5.75 Å². The molecule has 0 aromatic heterocycles. The standard InChI is InChI=1S/C17H15FO2S/c1-20-16-11-12(4-10-17(16)21-2)3-9-15(19)13-5-7-14(18)8-6-13/h3-11H,1-2H3/b9-3+. The lowest BCUT2D eigenvalue weighted by Crippen LogP contribution is -1.94. The maximum absolute atomic E-state index is 12.8. The van der Waals surface area contributed by atoms with E-state index in [1.807, 2.05) is 24.5 Å². The SMILES string of the molecule is COc1cc(/C=C/C(=O)c2ccc(F)cc2)ccc1SC. The monoisotopic (exact) mass is 302 g/mol. The molecule has 0 aliphatic heterocycles. The van der Waals surface area contributed by atoms with Crippen molar-refractivity contribution in [2.24, 2.45) is 0 Å². The Morgan fingerprint density at radius 1 is 1.19 bits per heavy atom. The van der Waals surface area contributed by atoms with E-state index in [1.165, 1.54) is 30.3 Å². The van der Waals surface area contributed by atoms with Crippen molar-refractivity contribution in [2.45, 2.75) is 4.90 Å². The van der Waals surface area contributed by atoms with E-state index < -0.39 is 0 Å². The molecule has 2 rings (SSSR count). The van der Waals surface area contributed by atoms with Crippen molar-refractivity contribution in [1.82, 2.24) is 0 Å². The highest BCUT2D eigenvalue weighted by atomic mass is 32.2. The minimum atomic E-state index is -0.354. The number of hydrogen-bond donors (Lipinski definition) is 0. The van der Waals surface area contributed by atoms with Gasteiger partial charge in [-0.15, -0.1) is 11.8 Å². The summed E-state index contributed by atoms with van der Waals surface area (Å²) in [6, 6.07) is 11.2. The summed E-state index contributed by atoms with van der Waals surface area (Å²) in [7, 11) is 1.62. The second-order valence-electron chi connectivity index (χ2n) is 4.32. The minimum Gasteiger partial charge on any atom is -0.496 e. The van der Waals surface area contributed by atoms with Gasteiger partial charge in [0.15, 0.2) is 5.78 Å². The Morgan fingerprint density at radius 3 is 2.52 bits per heavy atom. The summed E-state index contributed by atoms with van der Waals surface area (Å²) >= 11 is 1.60. The summed E-state index contributed by atoms with van der Waals surface area (Å²) in [4.78, 5) is 13.0. The summed E-state index contributed by atoms with van der Waals surface area (Å²) in [5.74, 6) is 0.259. The molecule has 0 N–H and O–H groups in total. The Morgan fingerprint density at radius 2 is 1.90 bits per heavy atom. The average molecular weight is 302 g/mol. The van der Waals surface area contributed by atoms with Gasteiger partial charge in [-0.2, -0.15) is 0 Å². The first-order valence-electron chi connectivity index (χ1n) is 6.34. The van der Waals surface area contributed by atoms with Crippen LogP contribution in [0.4, 0.5) is 4.39 Å². The molecule has 2 aromatic rings. The molecule has 21 heavy (non-hydrogen) atoms. The number of thioether (sulfide) groups is 1. The van der Waals surface area contributed by atoms with Crippen molar-refractivity contribution in [3.05, 3.63) is 65.5 Å². The van der Waals surface area contributed by atoms with Crippen LogP contribution in [0.1, 0.15) is 15.9 Å². The molecule has 0 aliphatic carbocycles. The van der Waals surface area contributed by atoms with E-state index in [9.17, 15) is 9.18 Å². The average Bonchev–Trinajstić information content (AvgIpc) is 2.52. The minimum absolute atomic E-state index is 0.164. The largest absolute Gasteiger partial charge is 0.496 e. The van der Waals surface area contributed by atoms with Crippen molar-refractivity contribution in [3.63, 3.8) is 0 Å². The third-order valence-corrected chi connectivity index (χ3v) is 3.74. The highest BCUT2D eigenvalue weighted by Crippen LogP contribution is 2.28. The van der Waals surface area contributed by atoms with Gasteiger partial charge in [0.25, 0.3) is 0 Å². The molecule has 2 nitrogen and oxygen atoms in total. The number of halogens is 1. The molecule has 2 aromatic carbocycles. The van der Waals surface area contributed by atoms with E-state index in [0.29, 0.717) is 5.56 Å². The molecule has 0 heterocycles. The summed E-state index contributed by atoms with van der Waals surface area (Å²) in [5.41, 5.74) is 1.33. The Labute approximate surface area is 127 Å². The van der Waals surface area contributed by atoms with Gasteiger partial charge in [0.1, 0.15) is 11.6 Å². The zero-order chi connectivity index (χ0) is 15.2. The van der Waals surface area contributed by atoms with Crippen LogP contribution in [0, 0.1) is 5.82 Å². The van der Waals surface area contributed by atoms with Crippen LogP contribution in [0.15, 0.2) is 53.4 Å². The number of carbonyl (C=O) groups excluding carboxylic acids is 1. The molecular formula is C17H15FO2S. The molecule has 0 bridgehead atoms. The Balaban J connectivity index is 2.17.